The average Bonchev–Trinajstić information content (AvgIpc) is 3.17. The SMILES string of the molecule is Cc1c(C)c(C)c(-c2nc(-c3ccc(Cl)cc3)c(-c3ccncc3)[nH]2)c(C)c1C. The molecule has 4 heteroatoms. The zero-order valence-electron chi connectivity index (χ0n) is 17.4. The summed E-state index contributed by atoms with van der Waals surface area (Å²) in [6, 6.07) is 11.8. The molecule has 0 amide bonds. The standard InChI is InChI=1S/C25H24ClN3/c1-14-15(2)17(4)22(18(5)16(14)3)25-28-23(19-6-8-21(26)9-7-19)24(29-25)20-10-12-27-13-11-20/h6-13H,1-5H3,(H,28,29). The molecule has 29 heavy (non-hydrogen) atoms. The number of aromatic amines is 1. The predicted octanol–water partition coefficient (Wildman–Crippen LogP) is 7.00. The van der Waals surface area contributed by atoms with Crippen molar-refractivity contribution in [3.63, 3.8) is 0 Å². The van der Waals surface area contributed by atoms with E-state index in [-0.39, 0.29) is 0 Å². The Bertz CT molecular complexity index is 1160. The number of nitrogens with one attached hydrogen (secondary N) is 1. The highest BCUT2D eigenvalue weighted by molar-refractivity contribution is 6.30. The maximum absolute atomic E-state index is 6.11. The lowest BCUT2D eigenvalue weighted by molar-refractivity contribution is 1.15. The maximum atomic E-state index is 6.11. The van der Waals surface area contributed by atoms with Crippen molar-refractivity contribution in [2.24, 2.45) is 0 Å². The van der Waals surface area contributed by atoms with Gasteiger partial charge in [0, 0.05) is 34.1 Å². The molecule has 0 fully saturated rings. The Hall–Kier alpha value is -2.91. The van der Waals surface area contributed by atoms with E-state index in [0.29, 0.717) is 5.02 Å². The monoisotopic (exact) mass is 401 g/mol. The summed E-state index contributed by atoms with van der Waals surface area (Å²) in [6.07, 6.45) is 3.61. The molecule has 0 aliphatic heterocycles. The van der Waals surface area contributed by atoms with E-state index in [4.69, 9.17) is 16.6 Å². The average molecular weight is 402 g/mol. The zero-order chi connectivity index (χ0) is 20.7. The molecule has 1 N–H and O–H groups in total. The van der Waals surface area contributed by atoms with Crippen molar-refractivity contribution in [1.29, 1.82) is 0 Å². The Labute approximate surface area is 176 Å². The Balaban J connectivity index is 2.00. The van der Waals surface area contributed by atoms with E-state index < -0.39 is 0 Å². The van der Waals surface area contributed by atoms with Gasteiger partial charge in [-0.3, -0.25) is 4.98 Å². The predicted molar refractivity (Wildman–Crippen MR) is 121 cm³/mol. The van der Waals surface area contributed by atoms with Gasteiger partial charge >= 0.3 is 0 Å². The maximum Gasteiger partial charge on any atom is 0.139 e. The van der Waals surface area contributed by atoms with Crippen LogP contribution in [0, 0.1) is 34.6 Å². The fourth-order valence-corrected chi connectivity index (χ4v) is 4.02. The van der Waals surface area contributed by atoms with Crippen molar-refractivity contribution in [3.05, 3.63) is 81.6 Å². The second kappa shape index (κ2) is 7.49. The number of imidazole rings is 1. The molecule has 2 aromatic heterocycles. The number of hydrogen-bond acceptors (Lipinski definition) is 2. The van der Waals surface area contributed by atoms with Crippen LogP contribution in [0.1, 0.15) is 27.8 Å². The van der Waals surface area contributed by atoms with Gasteiger partial charge in [-0.2, -0.15) is 0 Å². The summed E-state index contributed by atoms with van der Waals surface area (Å²) in [4.78, 5) is 12.8. The van der Waals surface area contributed by atoms with Gasteiger partial charge < -0.3 is 4.98 Å². The fourth-order valence-electron chi connectivity index (χ4n) is 3.89. The molecule has 0 bridgehead atoms. The van der Waals surface area contributed by atoms with Crippen LogP contribution in [0.4, 0.5) is 0 Å². The Morgan fingerprint density at radius 2 is 1.24 bits per heavy atom. The minimum Gasteiger partial charge on any atom is -0.337 e. The smallest absolute Gasteiger partial charge is 0.139 e. The Morgan fingerprint density at radius 1 is 0.690 bits per heavy atom. The summed E-state index contributed by atoms with van der Waals surface area (Å²) >= 11 is 6.11. The van der Waals surface area contributed by atoms with Gasteiger partial charge in [-0.25, -0.2) is 4.98 Å². The van der Waals surface area contributed by atoms with Crippen molar-refractivity contribution in [3.8, 4) is 33.9 Å². The van der Waals surface area contributed by atoms with Crippen LogP contribution in [-0.2, 0) is 0 Å². The number of nitrogens with zero attached hydrogens (tertiary/aromatic N) is 2. The summed E-state index contributed by atoms with van der Waals surface area (Å²) in [7, 11) is 0. The van der Waals surface area contributed by atoms with Gasteiger partial charge in [-0.05, 0) is 86.7 Å². The van der Waals surface area contributed by atoms with Crippen LogP contribution in [0.15, 0.2) is 48.8 Å². The summed E-state index contributed by atoms with van der Waals surface area (Å²) in [5.74, 6) is 0.892. The molecule has 0 unspecified atom stereocenters. The number of aromatic nitrogens is 3. The molecule has 4 rings (SSSR count). The van der Waals surface area contributed by atoms with Gasteiger partial charge in [-0.1, -0.05) is 23.7 Å². The number of rotatable bonds is 3. The minimum absolute atomic E-state index is 0.714. The van der Waals surface area contributed by atoms with Crippen molar-refractivity contribution in [1.82, 2.24) is 15.0 Å². The van der Waals surface area contributed by atoms with Gasteiger partial charge in [0.05, 0.1) is 11.4 Å². The second-order valence-corrected chi connectivity index (χ2v) is 7.99. The van der Waals surface area contributed by atoms with Crippen molar-refractivity contribution < 1.29 is 0 Å². The van der Waals surface area contributed by atoms with Gasteiger partial charge in [0.1, 0.15) is 5.82 Å². The van der Waals surface area contributed by atoms with Crippen LogP contribution >= 0.6 is 11.6 Å². The van der Waals surface area contributed by atoms with E-state index >= 15 is 0 Å². The highest BCUT2D eigenvalue weighted by Crippen LogP contribution is 2.37. The lowest BCUT2D eigenvalue weighted by Crippen LogP contribution is -2.00. The van der Waals surface area contributed by atoms with Crippen LogP contribution in [0.3, 0.4) is 0 Å². The molecule has 0 saturated carbocycles. The summed E-state index contributed by atoms with van der Waals surface area (Å²) < 4.78 is 0. The largest absolute Gasteiger partial charge is 0.337 e. The van der Waals surface area contributed by atoms with Crippen LogP contribution in [0.25, 0.3) is 33.9 Å². The summed E-state index contributed by atoms with van der Waals surface area (Å²) in [5, 5.41) is 0.714. The van der Waals surface area contributed by atoms with E-state index in [1.807, 2.05) is 36.4 Å². The topological polar surface area (TPSA) is 41.6 Å². The van der Waals surface area contributed by atoms with Crippen molar-refractivity contribution >= 4 is 11.6 Å². The second-order valence-electron chi connectivity index (χ2n) is 7.55. The molecule has 2 aromatic carbocycles. The van der Waals surface area contributed by atoms with Gasteiger partial charge in [0.15, 0.2) is 0 Å². The summed E-state index contributed by atoms with van der Waals surface area (Å²) in [6.45, 7) is 10.9. The number of benzene rings is 2. The third kappa shape index (κ3) is 3.36. The van der Waals surface area contributed by atoms with Crippen LogP contribution in [-0.4, -0.2) is 15.0 Å². The molecule has 0 aliphatic rings. The zero-order valence-corrected chi connectivity index (χ0v) is 18.1. The van der Waals surface area contributed by atoms with E-state index in [1.165, 1.54) is 33.4 Å². The lowest BCUT2D eigenvalue weighted by Gasteiger charge is -2.17. The van der Waals surface area contributed by atoms with Gasteiger partial charge in [0.25, 0.3) is 0 Å². The molecule has 0 atom stereocenters. The van der Waals surface area contributed by atoms with E-state index in [2.05, 4.69) is 44.6 Å². The quantitative estimate of drug-likeness (QED) is 0.401. The van der Waals surface area contributed by atoms with E-state index in [9.17, 15) is 0 Å². The van der Waals surface area contributed by atoms with Crippen molar-refractivity contribution in [2.45, 2.75) is 34.6 Å². The minimum atomic E-state index is 0.714. The molecular formula is C25H24ClN3. The molecule has 0 saturated heterocycles. The summed E-state index contributed by atoms with van der Waals surface area (Å²) in [5.41, 5.74) is 11.7. The van der Waals surface area contributed by atoms with E-state index in [0.717, 1.165) is 28.3 Å². The molecule has 0 spiro atoms. The first-order chi connectivity index (χ1) is 13.9. The number of H-pyrrole nitrogens is 1. The van der Waals surface area contributed by atoms with Crippen LogP contribution in [0.2, 0.25) is 5.02 Å². The Kier molecular flexibility index (Phi) is 5.01. The molecule has 4 aromatic rings. The number of halogens is 1. The number of pyridine rings is 1. The fraction of sp³-hybridized carbons (Fsp3) is 0.200. The first-order valence-electron chi connectivity index (χ1n) is 9.72. The van der Waals surface area contributed by atoms with Gasteiger partial charge in [-0.15, -0.1) is 0 Å². The molecule has 2 heterocycles. The molecule has 0 aliphatic carbocycles. The molecule has 3 nitrogen and oxygen atoms in total. The van der Waals surface area contributed by atoms with Gasteiger partial charge in [0.2, 0.25) is 0 Å². The Morgan fingerprint density at radius 3 is 1.83 bits per heavy atom. The van der Waals surface area contributed by atoms with Crippen molar-refractivity contribution in [2.75, 3.05) is 0 Å². The molecule has 0 radical (unpaired) electrons. The number of hydrogen-bond donors (Lipinski definition) is 1. The lowest BCUT2D eigenvalue weighted by atomic mass is 9.89. The van der Waals surface area contributed by atoms with Crippen LogP contribution < -0.4 is 0 Å². The third-order valence-electron chi connectivity index (χ3n) is 6.03. The highest BCUT2D eigenvalue weighted by Gasteiger charge is 2.20. The molecular weight excluding hydrogens is 378 g/mol. The van der Waals surface area contributed by atoms with E-state index in [1.54, 1.807) is 12.4 Å². The first kappa shape index (κ1) is 19.4. The normalized spacial score (nSPS) is 11.1. The van der Waals surface area contributed by atoms with Crippen LogP contribution in [0.5, 0.6) is 0 Å². The third-order valence-corrected chi connectivity index (χ3v) is 6.28. The highest BCUT2D eigenvalue weighted by atomic mass is 35.5. The first-order valence-corrected chi connectivity index (χ1v) is 10.1. The molecule has 146 valence electrons.